The molecule has 61 valence electrons. The van der Waals surface area contributed by atoms with Crippen LogP contribution < -0.4 is 0 Å². The van der Waals surface area contributed by atoms with E-state index in [9.17, 15) is 0 Å². The minimum atomic E-state index is -0.144. The van der Waals surface area contributed by atoms with Crippen molar-refractivity contribution in [3.63, 3.8) is 0 Å². The van der Waals surface area contributed by atoms with E-state index in [-0.39, 0.29) is 11.7 Å². The van der Waals surface area contributed by atoms with E-state index >= 15 is 0 Å². The Kier molecular flexibility index (Phi) is 3.91. The highest BCUT2D eigenvalue weighted by Gasteiger charge is 2.10. The van der Waals surface area contributed by atoms with Crippen LogP contribution in [-0.2, 0) is 9.47 Å². The Balaban J connectivity index is 3.21. The highest BCUT2D eigenvalue weighted by Crippen LogP contribution is 2.09. The average molecular weight is 145 g/mol. The lowest BCUT2D eigenvalue weighted by molar-refractivity contribution is -0.0730. The van der Waals surface area contributed by atoms with Crippen molar-refractivity contribution in [1.82, 2.24) is 0 Å². The van der Waals surface area contributed by atoms with E-state index in [1.54, 1.807) is 0 Å². The van der Waals surface area contributed by atoms with E-state index in [1.165, 1.54) is 6.79 Å². The molecule has 2 heteroatoms. The van der Waals surface area contributed by atoms with Crippen LogP contribution in [0, 0.1) is 6.79 Å². The summed E-state index contributed by atoms with van der Waals surface area (Å²) in [6, 6.07) is 0. The molecule has 0 rings (SSSR count). The maximum Gasteiger partial charge on any atom is 0.210 e. The van der Waals surface area contributed by atoms with Crippen LogP contribution in [0.1, 0.15) is 34.6 Å². The van der Waals surface area contributed by atoms with Gasteiger partial charge in [0.25, 0.3) is 0 Å². The molecule has 0 N–H and O–H groups in total. The molecule has 0 aromatic rings. The van der Waals surface area contributed by atoms with Gasteiger partial charge in [-0.3, -0.25) is 0 Å². The minimum absolute atomic E-state index is 0.144. The molecule has 0 aliphatic carbocycles. The molecule has 0 saturated heterocycles. The quantitative estimate of drug-likeness (QED) is 0.607. The van der Waals surface area contributed by atoms with E-state index in [0.717, 1.165) is 0 Å². The predicted octanol–water partition coefficient (Wildman–Crippen LogP) is 2.35. The Hall–Kier alpha value is -0.0800. The molecule has 0 aromatic heterocycles. The Labute approximate surface area is 63.5 Å². The second kappa shape index (κ2) is 3.94. The van der Waals surface area contributed by atoms with E-state index in [2.05, 4.69) is 0 Å². The van der Waals surface area contributed by atoms with Gasteiger partial charge in [0, 0.05) is 0 Å². The summed E-state index contributed by atoms with van der Waals surface area (Å²) in [6.45, 7) is 11.3. The summed E-state index contributed by atoms with van der Waals surface area (Å²) < 4.78 is 10.3. The summed E-state index contributed by atoms with van der Waals surface area (Å²) in [5, 5.41) is 0. The van der Waals surface area contributed by atoms with Crippen LogP contribution in [0.5, 0.6) is 0 Å². The third-order valence-corrected chi connectivity index (χ3v) is 0.729. The number of ether oxygens (including phenoxy) is 2. The van der Waals surface area contributed by atoms with Crippen molar-refractivity contribution in [2.45, 2.75) is 46.3 Å². The summed E-state index contributed by atoms with van der Waals surface area (Å²) >= 11 is 0. The molecule has 0 aromatic carbocycles. The van der Waals surface area contributed by atoms with E-state index in [0.29, 0.717) is 0 Å². The van der Waals surface area contributed by atoms with Gasteiger partial charge in [-0.25, -0.2) is 0 Å². The van der Waals surface area contributed by atoms with Gasteiger partial charge >= 0.3 is 0 Å². The van der Waals surface area contributed by atoms with Crippen LogP contribution in [0.2, 0.25) is 0 Å². The van der Waals surface area contributed by atoms with Crippen molar-refractivity contribution < 1.29 is 9.47 Å². The lowest BCUT2D eigenvalue weighted by atomic mass is 10.2. The Morgan fingerprint density at radius 3 is 2.00 bits per heavy atom. The van der Waals surface area contributed by atoms with E-state index in [4.69, 9.17) is 9.47 Å². The van der Waals surface area contributed by atoms with Gasteiger partial charge < -0.3 is 9.47 Å². The fourth-order valence-corrected chi connectivity index (χ4v) is 0.283. The van der Waals surface area contributed by atoms with Crippen molar-refractivity contribution in [2.75, 3.05) is 0 Å². The molecule has 0 heterocycles. The van der Waals surface area contributed by atoms with Gasteiger partial charge in [0.2, 0.25) is 6.79 Å². The zero-order valence-electron chi connectivity index (χ0n) is 7.47. The summed E-state index contributed by atoms with van der Waals surface area (Å²) in [4.78, 5) is 0. The van der Waals surface area contributed by atoms with Crippen LogP contribution in [0.4, 0.5) is 0 Å². The molecule has 0 spiro atoms. The first-order valence-corrected chi connectivity index (χ1v) is 3.57. The summed E-state index contributed by atoms with van der Waals surface area (Å²) in [6.07, 6.45) is 0.197. The monoisotopic (exact) mass is 145 g/mol. The molecule has 2 nitrogen and oxygen atoms in total. The van der Waals surface area contributed by atoms with Crippen molar-refractivity contribution in [3.8, 4) is 0 Å². The first-order chi connectivity index (χ1) is 4.42. The van der Waals surface area contributed by atoms with Crippen molar-refractivity contribution in [3.05, 3.63) is 6.79 Å². The molecule has 0 fully saturated rings. The third-order valence-electron chi connectivity index (χ3n) is 0.729. The second-order valence-electron chi connectivity index (χ2n) is 3.51. The summed E-state index contributed by atoms with van der Waals surface area (Å²) in [7, 11) is 0. The molecule has 10 heavy (non-hydrogen) atoms. The molecule has 1 radical (unpaired) electrons. The largest absolute Gasteiger partial charge is 0.345 e. The molecular weight excluding hydrogens is 128 g/mol. The standard InChI is InChI=1S/C8H17O2/c1-7(2)9-6-10-8(3,4)5/h6-7H,1-5H3. The van der Waals surface area contributed by atoms with Crippen LogP contribution in [0.25, 0.3) is 0 Å². The van der Waals surface area contributed by atoms with Gasteiger partial charge in [0.1, 0.15) is 0 Å². The van der Waals surface area contributed by atoms with E-state index in [1.807, 2.05) is 34.6 Å². The topological polar surface area (TPSA) is 18.5 Å². The smallest absolute Gasteiger partial charge is 0.210 e. The molecular formula is C8H17O2. The Bertz CT molecular complexity index is 81.7. The van der Waals surface area contributed by atoms with Crippen LogP contribution in [0.3, 0.4) is 0 Å². The molecule has 0 atom stereocenters. The first kappa shape index (κ1) is 9.92. The molecule has 0 aliphatic rings. The average Bonchev–Trinajstić information content (AvgIpc) is 1.59. The minimum Gasteiger partial charge on any atom is -0.345 e. The number of rotatable bonds is 3. The SMILES string of the molecule is CC(C)O[CH]OC(C)(C)C. The van der Waals surface area contributed by atoms with Gasteiger partial charge in [-0.2, -0.15) is 0 Å². The zero-order valence-corrected chi connectivity index (χ0v) is 7.47. The van der Waals surface area contributed by atoms with Gasteiger partial charge in [0.05, 0.1) is 11.7 Å². The highest BCUT2D eigenvalue weighted by molar-refractivity contribution is 4.59. The van der Waals surface area contributed by atoms with Gasteiger partial charge in [-0.1, -0.05) is 0 Å². The van der Waals surface area contributed by atoms with E-state index < -0.39 is 0 Å². The zero-order chi connectivity index (χ0) is 8.20. The molecule has 0 unspecified atom stereocenters. The second-order valence-corrected chi connectivity index (χ2v) is 3.51. The van der Waals surface area contributed by atoms with Crippen LogP contribution >= 0.6 is 0 Å². The normalized spacial score (nSPS) is 12.6. The Morgan fingerprint density at radius 2 is 1.70 bits per heavy atom. The lowest BCUT2D eigenvalue weighted by Gasteiger charge is -2.19. The van der Waals surface area contributed by atoms with Gasteiger partial charge in [-0.15, -0.1) is 0 Å². The van der Waals surface area contributed by atoms with Crippen molar-refractivity contribution >= 4 is 0 Å². The maximum absolute atomic E-state index is 5.19. The summed E-state index contributed by atoms with van der Waals surface area (Å²) in [5.41, 5.74) is -0.144. The highest BCUT2D eigenvalue weighted by atomic mass is 16.7. The van der Waals surface area contributed by atoms with Crippen LogP contribution in [-0.4, -0.2) is 11.7 Å². The fourth-order valence-electron chi connectivity index (χ4n) is 0.283. The summed E-state index contributed by atoms with van der Waals surface area (Å²) in [5.74, 6) is 0. The van der Waals surface area contributed by atoms with Crippen molar-refractivity contribution in [1.29, 1.82) is 0 Å². The molecule has 0 amide bonds. The number of hydrogen-bond donors (Lipinski definition) is 0. The van der Waals surface area contributed by atoms with Gasteiger partial charge in [0.15, 0.2) is 0 Å². The van der Waals surface area contributed by atoms with Crippen LogP contribution in [0.15, 0.2) is 0 Å². The number of hydrogen-bond acceptors (Lipinski definition) is 2. The molecule has 0 saturated carbocycles. The maximum atomic E-state index is 5.19. The fraction of sp³-hybridized carbons (Fsp3) is 0.875. The molecule has 0 bridgehead atoms. The van der Waals surface area contributed by atoms with Crippen molar-refractivity contribution in [2.24, 2.45) is 0 Å². The lowest BCUT2D eigenvalue weighted by Crippen LogP contribution is -2.19. The van der Waals surface area contributed by atoms with Gasteiger partial charge in [-0.05, 0) is 34.6 Å². The molecule has 0 aliphatic heterocycles. The third kappa shape index (κ3) is 7.92. The Morgan fingerprint density at radius 1 is 1.20 bits per heavy atom. The first-order valence-electron chi connectivity index (χ1n) is 3.57. The predicted molar refractivity (Wildman–Crippen MR) is 41.4 cm³/mol.